The minimum atomic E-state index is -0.911. The lowest BCUT2D eigenvalue weighted by Gasteiger charge is -2.25. The van der Waals surface area contributed by atoms with E-state index in [1.807, 2.05) is 0 Å². The molecule has 1 heterocycles. The topological polar surface area (TPSA) is 93.1 Å². The molecule has 6 heteroatoms. The molecule has 0 aromatic heterocycles. The molecule has 4 atom stereocenters. The first kappa shape index (κ1) is 20.1. The molecule has 0 aromatic rings. The Labute approximate surface area is 153 Å². The fraction of sp³-hybridized carbons (Fsp3) is 0.500. The molecule has 0 amide bonds. The number of rotatable bonds is 3. The average molecular weight is 362 g/mol. The molecule has 1 saturated heterocycles. The number of aliphatic hydroxyl groups is 2. The van der Waals surface area contributed by atoms with E-state index in [2.05, 4.69) is 6.58 Å². The molecule has 0 saturated carbocycles. The molecule has 1 aliphatic carbocycles. The van der Waals surface area contributed by atoms with Crippen LogP contribution in [-0.4, -0.2) is 47.1 Å². The van der Waals surface area contributed by atoms with Gasteiger partial charge in [0.05, 0.1) is 18.1 Å². The van der Waals surface area contributed by atoms with Crippen LogP contribution in [0.1, 0.15) is 33.6 Å². The Hall–Kier alpha value is -2.18. The van der Waals surface area contributed by atoms with Crippen molar-refractivity contribution in [3.05, 3.63) is 47.1 Å². The second kappa shape index (κ2) is 8.47. The number of hydrogen-bond donors (Lipinski definition) is 2. The van der Waals surface area contributed by atoms with Crippen molar-refractivity contribution in [2.24, 2.45) is 5.92 Å². The van der Waals surface area contributed by atoms with Gasteiger partial charge in [0.2, 0.25) is 0 Å². The Morgan fingerprint density at radius 2 is 2.15 bits per heavy atom. The SMILES string of the molecule is C=C1C(=O)O[C@H]2/C=C(\C)[C@@H](O)C/C=C(\COC(=O)/C(C)=C/C)C[C@H](O)[C@H]12. The molecular formula is C20H26O6. The lowest BCUT2D eigenvalue weighted by molar-refractivity contribution is -0.139. The quantitative estimate of drug-likeness (QED) is 0.453. The van der Waals surface area contributed by atoms with Crippen molar-refractivity contribution in [1.29, 1.82) is 0 Å². The van der Waals surface area contributed by atoms with Crippen molar-refractivity contribution in [2.75, 3.05) is 6.61 Å². The molecule has 0 aromatic carbocycles. The predicted octanol–water partition coefficient (Wildman–Crippen LogP) is 1.98. The molecular weight excluding hydrogens is 336 g/mol. The highest BCUT2D eigenvalue weighted by Gasteiger charge is 2.42. The monoisotopic (exact) mass is 362 g/mol. The standard InChI is InChI=1S/C20H26O6/c1-5-11(2)19(23)25-10-14-6-7-15(21)12(3)8-17-18(16(22)9-14)13(4)20(24)26-17/h5-6,8,15-18,21-22H,4,7,9-10H2,1-3H3/b11-5+,12-8+,14-6-/t15-,16-,17-,18-/m0/s1. The molecule has 0 unspecified atom stereocenters. The van der Waals surface area contributed by atoms with E-state index in [1.54, 1.807) is 39.0 Å². The molecule has 0 radical (unpaired) electrons. The molecule has 0 spiro atoms. The Morgan fingerprint density at radius 1 is 1.46 bits per heavy atom. The lowest BCUT2D eigenvalue weighted by atomic mass is 9.85. The van der Waals surface area contributed by atoms with Crippen LogP contribution in [0.15, 0.2) is 47.1 Å². The Kier molecular flexibility index (Phi) is 6.56. The maximum Gasteiger partial charge on any atom is 0.334 e. The van der Waals surface area contributed by atoms with Gasteiger partial charge in [-0.05, 0) is 50.8 Å². The predicted molar refractivity (Wildman–Crippen MR) is 96.0 cm³/mol. The van der Waals surface area contributed by atoms with Gasteiger partial charge in [-0.2, -0.15) is 0 Å². The van der Waals surface area contributed by atoms with Crippen molar-refractivity contribution in [3.8, 4) is 0 Å². The Balaban J connectivity index is 2.23. The minimum absolute atomic E-state index is 0.00915. The van der Waals surface area contributed by atoms with Crippen LogP contribution in [0, 0.1) is 5.92 Å². The lowest BCUT2D eigenvalue weighted by Crippen LogP contribution is -2.30. The van der Waals surface area contributed by atoms with E-state index in [9.17, 15) is 19.8 Å². The summed E-state index contributed by atoms with van der Waals surface area (Å²) in [6.07, 6.45) is 3.29. The molecule has 2 rings (SSSR count). The van der Waals surface area contributed by atoms with Gasteiger partial charge in [-0.3, -0.25) is 0 Å². The number of carbonyl (C=O) groups is 2. The maximum atomic E-state index is 11.9. The van der Waals surface area contributed by atoms with Crippen LogP contribution in [-0.2, 0) is 19.1 Å². The second-order valence-corrected chi connectivity index (χ2v) is 6.76. The molecule has 0 bridgehead atoms. The molecule has 1 fully saturated rings. The first-order valence-electron chi connectivity index (χ1n) is 8.66. The van der Waals surface area contributed by atoms with Crippen LogP contribution in [0.4, 0.5) is 0 Å². The summed E-state index contributed by atoms with van der Waals surface area (Å²) in [4.78, 5) is 23.7. The molecule has 142 valence electrons. The molecule has 26 heavy (non-hydrogen) atoms. The smallest absolute Gasteiger partial charge is 0.334 e. The summed E-state index contributed by atoms with van der Waals surface area (Å²) < 4.78 is 10.5. The number of ether oxygens (including phenoxy) is 2. The fourth-order valence-corrected chi connectivity index (χ4v) is 3.02. The number of fused-ring (bicyclic) bond motifs is 1. The molecule has 6 nitrogen and oxygen atoms in total. The van der Waals surface area contributed by atoms with Gasteiger partial charge in [-0.15, -0.1) is 0 Å². The Morgan fingerprint density at radius 3 is 2.81 bits per heavy atom. The van der Waals surface area contributed by atoms with Crippen molar-refractivity contribution in [1.82, 2.24) is 0 Å². The van der Waals surface area contributed by atoms with Gasteiger partial charge in [-0.25, -0.2) is 9.59 Å². The average Bonchev–Trinajstić information content (AvgIpc) is 2.88. The largest absolute Gasteiger partial charge is 0.458 e. The Bertz CT molecular complexity index is 684. The summed E-state index contributed by atoms with van der Waals surface area (Å²) >= 11 is 0. The number of carbonyl (C=O) groups excluding carboxylic acids is 2. The molecule has 1 aliphatic heterocycles. The van der Waals surface area contributed by atoms with E-state index in [0.29, 0.717) is 23.1 Å². The zero-order valence-corrected chi connectivity index (χ0v) is 15.4. The second-order valence-electron chi connectivity index (χ2n) is 6.76. The van der Waals surface area contributed by atoms with Crippen LogP contribution in [0.5, 0.6) is 0 Å². The van der Waals surface area contributed by atoms with Crippen molar-refractivity contribution in [3.63, 3.8) is 0 Å². The van der Waals surface area contributed by atoms with Gasteiger partial charge in [0.1, 0.15) is 12.7 Å². The van der Waals surface area contributed by atoms with E-state index in [-0.39, 0.29) is 18.6 Å². The third kappa shape index (κ3) is 4.51. The minimum Gasteiger partial charge on any atom is -0.458 e. The summed E-state index contributed by atoms with van der Waals surface area (Å²) in [6, 6.07) is 0. The third-order valence-corrected chi connectivity index (χ3v) is 4.87. The number of hydrogen-bond acceptors (Lipinski definition) is 6. The summed E-state index contributed by atoms with van der Waals surface area (Å²) in [5.74, 6) is -1.57. The zero-order valence-electron chi connectivity index (χ0n) is 15.4. The van der Waals surface area contributed by atoms with Gasteiger partial charge in [0, 0.05) is 11.1 Å². The summed E-state index contributed by atoms with van der Waals surface area (Å²) in [6.45, 7) is 8.90. The van der Waals surface area contributed by atoms with Gasteiger partial charge >= 0.3 is 11.9 Å². The van der Waals surface area contributed by atoms with Crippen LogP contribution >= 0.6 is 0 Å². The maximum absolute atomic E-state index is 11.9. The van der Waals surface area contributed by atoms with Crippen LogP contribution in [0.25, 0.3) is 0 Å². The summed E-state index contributed by atoms with van der Waals surface area (Å²) in [5, 5.41) is 20.9. The van der Waals surface area contributed by atoms with E-state index >= 15 is 0 Å². The fourth-order valence-electron chi connectivity index (χ4n) is 3.02. The van der Waals surface area contributed by atoms with E-state index in [4.69, 9.17) is 9.47 Å². The van der Waals surface area contributed by atoms with Crippen LogP contribution in [0.2, 0.25) is 0 Å². The van der Waals surface area contributed by atoms with Crippen molar-refractivity contribution < 1.29 is 29.3 Å². The third-order valence-electron chi connectivity index (χ3n) is 4.87. The highest BCUT2D eigenvalue weighted by molar-refractivity contribution is 5.91. The molecule has 2 aliphatic rings. The van der Waals surface area contributed by atoms with E-state index in [0.717, 1.165) is 0 Å². The van der Waals surface area contributed by atoms with Crippen molar-refractivity contribution in [2.45, 2.75) is 51.9 Å². The summed E-state index contributed by atoms with van der Waals surface area (Å²) in [5.41, 5.74) is 2.03. The summed E-state index contributed by atoms with van der Waals surface area (Å²) in [7, 11) is 0. The zero-order chi connectivity index (χ0) is 19.4. The number of esters is 2. The van der Waals surface area contributed by atoms with Crippen LogP contribution in [0.3, 0.4) is 0 Å². The highest BCUT2D eigenvalue weighted by atomic mass is 16.6. The first-order chi connectivity index (χ1) is 12.2. The van der Waals surface area contributed by atoms with Gasteiger partial charge in [0.25, 0.3) is 0 Å². The molecule has 2 N–H and O–H groups in total. The van der Waals surface area contributed by atoms with Crippen LogP contribution < -0.4 is 0 Å². The van der Waals surface area contributed by atoms with E-state index in [1.165, 1.54) is 0 Å². The van der Waals surface area contributed by atoms with E-state index < -0.39 is 36.2 Å². The normalized spacial score (nSPS) is 34.1. The van der Waals surface area contributed by atoms with Crippen molar-refractivity contribution >= 4 is 11.9 Å². The highest BCUT2D eigenvalue weighted by Crippen LogP contribution is 2.34. The van der Waals surface area contributed by atoms with Gasteiger partial charge in [0.15, 0.2) is 0 Å². The number of aliphatic hydroxyl groups excluding tert-OH is 2. The number of allylic oxidation sites excluding steroid dienone is 1. The first-order valence-corrected chi connectivity index (χ1v) is 8.66. The van der Waals surface area contributed by atoms with Gasteiger partial charge in [-0.1, -0.05) is 18.7 Å². The van der Waals surface area contributed by atoms with Gasteiger partial charge < -0.3 is 19.7 Å².